The lowest BCUT2D eigenvalue weighted by molar-refractivity contribution is 0.102. The molecule has 6 heteroatoms. The van der Waals surface area contributed by atoms with Crippen molar-refractivity contribution >= 4 is 11.6 Å². The second-order valence-corrected chi connectivity index (χ2v) is 4.32. The van der Waals surface area contributed by atoms with Crippen LogP contribution in [-0.4, -0.2) is 29.3 Å². The smallest absolute Gasteiger partial charge is 0.255 e. The lowest BCUT2D eigenvalue weighted by atomic mass is 10.2. The molecular weight excluding hydrogens is 272 g/mol. The molecule has 0 bridgehead atoms. The van der Waals surface area contributed by atoms with Crippen molar-refractivity contribution in [3.63, 3.8) is 0 Å². The number of benzene rings is 2. The fourth-order valence-corrected chi connectivity index (χ4v) is 1.68. The quantitative estimate of drug-likeness (QED) is 0.627. The van der Waals surface area contributed by atoms with Gasteiger partial charge in [-0.25, -0.2) is 0 Å². The van der Waals surface area contributed by atoms with Crippen LogP contribution in [0.5, 0.6) is 17.2 Å². The predicted molar refractivity (Wildman–Crippen MR) is 78.7 cm³/mol. The summed E-state index contributed by atoms with van der Waals surface area (Å²) in [5.41, 5.74) is 6.17. The molecule has 110 valence electrons. The molecule has 6 nitrogen and oxygen atoms in total. The van der Waals surface area contributed by atoms with E-state index in [0.717, 1.165) is 0 Å². The van der Waals surface area contributed by atoms with Crippen molar-refractivity contribution in [3.05, 3.63) is 48.0 Å². The number of anilines is 1. The van der Waals surface area contributed by atoms with Crippen LogP contribution in [0.3, 0.4) is 0 Å². The third-order valence-electron chi connectivity index (χ3n) is 2.74. The van der Waals surface area contributed by atoms with Crippen molar-refractivity contribution < 1.29 is 19.7 Å². The maximum absolute atomic E-state index is 12.0. The molecule has 1 amide bonds. The topological polar surface area (TPSA) is 105 Å². The van der Waals surface area contributed by atoms with E-state index in [0.29, 0.717) is 24.6 Å². The predicted octanol–water partition coefficient (Wildman–Crippen LogP) is 1.69. The summed E-state index contributed by atoms with van der Waals surface area (Å²) in [5.74, 6) is -0.331. The van der Waals surface area contributed by atoms with Crippen LogP contribution in [0.25, 0.3) is 0 Å². The average molecular weight is 288 g/mol. The van der Waals surface area contributed by atoms with E-state index in [1.54, 1.807) is 24.3 Å². The van der Waals surface area contributed by atoms with Crippen molar-refractivity contribution in [3.8, 4) is 17.2 Å². The molecule has 0 unspecified atom stereocenters. The Balaban J connectivity index is 2.03. The van der Waals surface area contributed by atoms with Crippen LogP contribution >= 0.6 is 0 Å². The Hall–Kier alpha value is -2.73. The second kappa shape index (κ2) is 6.62. The number of carbonyl (C=O) groups is 1. The van der Waals surface area contributed by atoms with E-state index in [-0.39, 0.29) is 23.0 Å². The van der Waals surface area contributed by atoms with Crippen LogP contribution in [0.4, 0.5) is 5.69 Å². The van der Waals surface area contributed by atoms with Crippen LogP contribution in [0.15, 0.2) is 42.5 Å². The third kappa shape index (κ3) is 3.87. The number of hydrogen-bond acceptors (Lipinski definition) is 5. The normalized spacial score (nSPS) is 10.1. The molecule has 0 radical (unpaired) electrons. The molecule has 0 fully saturated rings. The molecule has 2 rings (SSSR count). The minimum absolute atomic E-state index is 0.244. The van der Waals surface area contributed by atoms with E-state index in [4.69, 9.17) is 10.5 Å². The number of carbonyl (C=O) groups excluding carboxylic acids is 1. The van der Waals surface area contributed by atoms with Gasteiger partial charge >= 0.3 is 0 Å². The highest BCUT2D eigenvalue weighted by Gasteiger charge is 2.09. The first-order chi connectivity index (χ1) is 10.1. The summed E-state index contributed by atoms with van der Waals surface area (Å²) < 4.78 is 5.33. The van der Waals surface area contributed by atoms with Gasteiger partial charge in [0.05, 0.1) is 0 Å². The minimum Gasteiger partial charge on any atom is -0.504 e. The van der Waals surface area contributed by atoms with Crippen LogP contribution < -0.4 is 15.8 Å². The zero-order valence-corrected chi connectivity index (χ0v) is 11.2. The fraction of sp³-hybridized carbons (Fsp3) is 0.133. The number of ether oxygens (including phenoxy) is 1. The molecule has 0 aliphatic rings. The fourth-order valence-electron chi connectivity index (χ4n) is 1.68. The Morgan fingerprint density at radius 1 is 1.10 bits per heavy atom. The number of nitrogens with two attached hydrogens (primary N) is 1. The van der Waals surface area contributed by atoms with Crippen molar-refractivity contribution in [1.82, 2.24) is 0 Å². The highest BCUT2D eigenvalue weighted by molar-refractivity contribution is 6.04. The minimum atomic E-state index is -0.388. The molecule has 0 aliphatic heterocycles. The number of hydrogen-bond donors (Lipinski definition) is 4. The molecule has 2 aromatic rings. The van der Waals surface area contributed by atoms with Gasteiger partial charge in [-0.15, -0.1) is 0 Å². The van der Waals surface area contributed by atoms with E-state index in [1.807, 2.05) is 0 Å². The van der Waals surface area contributed by atoms with Crippen molar-refractivity contribution in [2.75, 3.05) is 18.5 Å². The summed E-state index contributed by atoms with van der Waals surface area (Å²) in [4.78, 5) is 12.0. The first-order valence-corrected chi connectivity index (χ1v) is 6.36. The maximum Gasteiger partial charge on any atom is 0.255 e. The standard InChI is InChI=1S/C15H16N2O4/c16-7-8-21-12-4-2-11(3-5-12)17-15(20)10-1-6-13(18)14(19)9-10/h1-6,9,18-19H,7-8,16H2,(H,17,20). The Bertz CT molecular complexity index is 626. The molecule has 2 aromatic carbocycles. The SMILES string of the molecule is NCCOc1ccc(NC(=O)c2ccc(O)c(O)c2)cc1. The third-order valence-corrected chi connectivity index (χ3v) is 2.74. The van der Waals surface area contributed by atoms with Gasteiger partial charge in [0.25, 0.3) is 5.91 Å². The lowest BCUT2D eigenvalue weighted by Gasteiger charge is -2.08. The van der Waals surface area contributed by atoms with Crippen LogP contribution in [0, 0.1) is 0 Å². The average Bonchev–Trinajstić information content (AvgIpc) is 2.49. The van der Waals surface area contributed by atoms with Gasteiger partial charge in [0, 0.05) is 17.8 Å². The van der Waals surface area contributed by atoms with Gasteiger partial charge in [0.2, 0.25) is 0 Å². The monoisotopic (exact) mass is 288 g/mol. The summed E-state index contributed by atoms with van der Waals surface area (Å²) in [6.07, 6.45) is 0. The molecule has 0 saturated carbocycles. The number of nitrogens with one attached hydrogen (secondary N) is 1. The lowest BCUT2D eigenvalue weighted by Crippen LogP contribution is -2.12. The van der Waals surface area contributed by atoms with Crippen LogP contribution in [0.2, 0.25) is 0 Å². The Morgan fingerprint density at radius 2 is 1.81 bits per heavy atom. The molecule has 0 saturated heterocycles. The van der Waals surface area contributed by atoms with Gasteiger partial charge in [-0.3, -0.25) is 4.79 Å². The Morgan fingerprint density at radius 3 is 2.43 bits per heavy atom. The van der Waals surface area contributed by atoms with Crippen molar-refractivity contribution in [1.29, 1.82) is 0 Å². The second-order valence-electron chi connectivity index (χ2n) is 4.32. The van der Waals surface area contributed by atoms with Gasteiger partial charge in [-0.2, -0.15) is 0 Å². The number of rotatable bonds is 5. The maximum atomic E-state index is 12.0. The molecule has 0 spiro atoms. The molecule has 0 aliphatic carbocycles. The first kappa shape index (κ1) is 14.7. The largest absolute Gasteiger partial charge is 0.504 e. The molecule has 0 heterocycles. The number of phenols is 2. The molecule has 0 aromatic heterocycles. The highest BCUT2D eigenvalue weighted by atomic mass is 16.5. The molecule has 5 N–H and O–H groups in total. The summed E-state index contributed by atoms with van der Waals surface area (Å²) in [6.45, 7) is 0.862. The Kier molecular flexibility index (Phi) is 4.63. The Labute approximate surface area is 121 Å². The molecular formula is C15H16N2O4. The van der Waals surface area contributed by atoms with Crippen molar-refractivity contribution in [2.24, 2.45) is 5.73 Å². The zero-order valence-electron chi connectivity index (χ0n) is 11.2. The van der Waals surface area contributed by atoms with Crippen molar-refractivity contribution in [2.45, 2.75) is 0 Å². The summed E-state index contributed by atoms with van der Waals surface area (Å²) >= 11 is 0. The van der Waals surface area contributed by atoms with Crippen LogP contribution in [0.1, 0.15) is 10.4 Å². The summed E-state index contributed by atoms with van der Waals surface area (Å²) in [7, 11) is 0. The van der Waals surface area contributed by atoms with E-state index < -0.39 is 0 Å². The van der Waals surface area contributed by atoms with E-state index in [1.165, 1.54) is 18.2 Å². The van der Waals surface area contributed by atoms with Gasteiger partial charge in [0.1, 0.15) is 12.4 Å². The van der Waals surface area contributed by atoms with E-state index >= 15 is 0 Å². The molecule has 0 atom stereocenters. The zero-order chi connectivity index (χ0) is 15.2. The van der Waals surface area contributed by atoms with Gasteiger partial charge in [0.15, 0.2) is 11.5 Å². The summed E-state index contributed by atoms with van der Waals surface area (Å²) in [5, 5.41) is 21.3. The summed E-state index contributed by atoms with van der Waals surface area (Å²) in [6, 6.07) is 10.7. The number of aromatic hydroxyl groups is 2. The first-order valence-electron chi connectivity index (χ1n) is 6.36. The number of amides is 1. The van der Waals surface area contributed by atoms with Crippen LogP contribution in [-0.2, 0) is 0 Å². The highest BCUT2D eigenvalue weighted by Crippen LogP contribution is 2.25. The van der Waals surface area contributed by atoms with Gasteiger partial charge < -0.3 is 26.0 Å². The van der Waals surface area contributed by atoms with E-state index in [2.05, 4.69) is 5.32 Å². The van der Waals surface area contributed by atoms with E-state index in [9.17, 15) is 15.0 Å². The number of phenolic OH excluding ortho intramolecular Hbond substituents is 2. The van der Waals surface area contributed by atoms with Gasteiger partial charge in [-0.05, 0) is 42.5 Å². The van der Waals surface area contributed by atoms with Gasteiger partial charge in [-0.1, -0.05) is 0 Å². The molecule has 21 heavy (non-hydrogen) atoms.